The van der Waals surface area contributed by atoms with Gasteiger partial charge in [-0.1, -0.05) is 273 Å². The molecule has 16 rings (SSSR count). The summed E-state index contributed by atoms with van der Waals surface area (Å²) in [6.07, 6.45) is 0. The maximum atomic E-state index is 2.42. The molecule has 0 aliphatic heterocycles. The van der Waals surface area contributed by atoms with E-state index in [0.29, 0.717) is 0 Å². The third kappa shape index (κ3) is 6.99. The van der Waals surface area contributed by atoms with E-state index >= 15 is 0 Å². The first kappa shape index (κ1) is 43.7. The molecule has 0 atom stereocenters. The van der Waals surface area contributed by atoms with Crippen molar-refractivity contribution in [2.24, 2.45) is 0 Å². The maximum absolute atomic E-state index is 2.42. The summed E-state index contributed by atoms with van der Waals surface area (Å²) in [5.41, 5.74) is 10.3. The molecule has 0 N–H and O–H groups in total. The van der Waals surface area contributed by atoms with Gasteiger partial charge in [0.2, 0.25) is 0 Å². The van der Waals surface area contributed by atoms with Crippen LogP contribution < -0.4 is 0 Å². The van der Waals surface area contributed by atoms with E-state index in [1.165, 1.54) is 152 Å². The van der Waals surface area contributed by atoms with Crippen LogP contribution in [0, 0.1) is 0 Å². The molecule has 352 valence electrons. The Morgan fingerprint density at radius 1 is 0.145 bits per heavy atom. The SMILES string of the molecule is c1ccc(-c2c3ccccc3c(-c3cc4ccc5ccccc5c4c4ccccc34)c3ccccc23)cc1.c1ccc(-c2c3ccccc3c(-c3cccc4c3ccc3cc5ccccc5cc34)c3ccccc23)cc1. The van der Waals surface area contributed by atoms with Gasteiger partial charge in [-0.15, -0.1) is 0 Å². The summed E-state index contributed by atoms with van der Waals surface area (Å²) in [7, 11) is 0. The highest BCUT2D eigenvalue weighted by atomic mass is 14.2. The van der Waals surface area contributed by atoms with Crippen molar-refractivity contribution in [2.75, 3.05) is 0 Å². The Kier molecular flexibility index (Phi) is 10.3. The van der Waals surface area contributed by atoms with Crippen LogP contribution in [-0.4, -0.2) is 0 Å². The van der Waals surface area contributed by atoms with E-state index in [9.17, 15) is 0 Å². The van der Waals surface area contributed by atoms with Crippen molar-refractivity contribution in [1.82, 2.24) is 0 Å². The lowest BCUT2D eigenvalue weighted by Gasteiger charge is -2.20. The molecule has 0 aliphatic carbocycles. The Morgan fingerprint density at radius 2 is 0.513 bits per heavy atom. The average molecular weight is 961 g/mol. The monoisotopic (exact) mass is 960 g/mol. The van der Waals surface area contributed by atoms with Gasteiger partial charge in [0, 0.05) is 0 Å². The maximum Gasteiger partial charge on any atom is -0.00199 e. The van der Waals surface area contributed by atoms with Gasteiger partial charge < -0.3 is 0 Å². The Hall–Kier alpha value is -9.88. The number of benzene rings is 16. The van der Waals surface area contributed by atoms with E-state index in [0.717, 1.165) is 0 Å². The zero-order chi connectivity index (χ0) is 50.1. The largest absolute Gasteiger partial charge is 0.0622 e. The first-order valence-corrected chi connectivity index (χ1v) is 26.4. The molecule has 0 aromatic heterocycles. The normalized spacial score (nSPS) is 11.7. The van der Waals surface area contributed by atoms with E-state index in [1.54, 1.807) is 0 Å². The van der Waals surface area contributed by atoms with E-state index < -0.39 is 0 Å². The van der Waals surface area contributed by atoms with Crippen molar-refractivity contribution < 1.29 is 0 Å². The molecule has 0 aliphatic rings. The van der Waals surface area contributed by atoms with Crippen molar-refractivity contribution in [2.45, 2.75) is 0 Å². The summed E-state index contributed by atoms with van der Waals surface area (Å²) in [4.78, 5) is 0. The lowest BCUT2D eigenvalue weighted by molar-refractivity contribution is 1.66. The fraction of sp³-hybridized carbons (Fsp3) is 0. The first-order chi connectivity index (χ1) is 37.7. The van der Waals surface area contributed by atoms with Crippen LogP contribution in [0.5, 0.6) is 0 Å². The number of rotatable bonds is 4. The minimum atomic E-state index is 1.25. The van der Waals surface area contributed by atoms with Gasteiger partial charge in [0.1, 0.15) is 0 Å². The third-order valence-corrected chi connectivity index (χ3v) is 16.0. The van der Waals surface area contributed by atoms with E-state index in [1.807, 2.05) is 0 Å². The highest BCUT2D eigenvalue weighted by molar-refractivity contribution is 6.29. The van der Waals surface area contributed by atoms with Crippen molar-refractivity contribution >= 4 is 108 Å². The fourth-order valence-electron chi connectivity index (χ4n) is 12.8. The number of fused-ring (bicyclic) bond motifs is 13. The van der Waals surface area contributed by atoms with Crippen molar-refractivity contribution in [1.29, 1.82) is 0 Å². The molecule has 0 saturated heterocycles. The van der Waals surface area contributed by atoms with Gasteiger partial charge >= 0.3 is 0 Å². The quantitative estimate of drug-likeness (QED) is 0.122. The summed E-state index contributed by atoms with van der Waals surface area (Å²) < 4.78 is 0. The third-order valence-electron chi connectivity index (χ3n) is 16.0. The summed E-state index contributed by atoms with van der Waals surface area (Å²) in [5.74, 6) is 0. The highest BCUT2D eigenvalue weighted by Crippen LogP contribution is 2.49. The Morgan fingerprint density at radius 3 is 1.05 bits per heavy atom. The van der Waals surface area contributed by atoms with Crippen LogP contribution in [0.2, 0.25) is 0 Å². The van der Waals surface area contributed by atoms with E-state index in [2.05, 4.69) is 291 Å². The lowest BCUT2D eigenvalue weighted by atomic mass is 9.83. The molecule has 0 amide bonds. The van der Waals surface area contributed by atoms with Gasteiger partial charge in [0.25, 0.3) is 0 Å². The van der Waals surface area contributed by atoms with Gasteiger partial charge in [-0.2, -0.15) is 0 Å². The summed E-state index contributed by atoms with van der Waals surface area (Å²) in [6.45, 7) is 0. The van der Waals surface area contributed by atoms with Crippen molar-refractivity contribution in [3.63, 3.8) is 0 Å². The first-order valence-electron chi connectivity index (χ1n) is 26.4. The van der Waals surface area contributed by atoms with Gasteiger partial charge in [0.15, 0.2) is 0 Å². The van der Waals surface area contributed by atoms with E-state index in [-0.39, 0.29) is 0 Å². The minimum Gasteiger partial charge on any atom is -0.0622 e. The molecular weight excluding hydrogens is 913 g/mol. The highest BCUT2D eigenvalue weighted by Gasteiger charge is 2.21. The standard InChI is InChI=1S/2C38H24/c1-2-11-25(12-3-1)37-32-15-6-8-17-34(32)38(35-18-9-7-16-33(35)37)31-20-10-19-29-30(31)22-21-28-23-26-13-4-5-14-27(26)24-36(28)29;1-2-13-26(14-3-1)36-31-18-8-10-20-33(31)38(34-21-11-9-19-32(34)36)35-24-27-23-22-25-12-4-5-15-28(25)37(27)30-17-7-6-16-29(30)35/h2*1-24H. The van der Waals surface area contributed by atoms with Gasteiger partial charge in [-0.05, 0) is 170 Å². The Bertz CT molecular complexity index is 4850. The Balaban J connectivity index is 0.000000133. The smallest absolute Gasteiger partial charge is 0.00199 e. The minimum absolute atomic E-state index is 1.25. The van der Waals surface area contributed by atoms with Crippen LogP contribution in [0.25, 0.3) is 152 Å². The van der Waals surface area contributed by atoms with Crippen LogP contribution in [0.4, 0.5) is 0 Å². The van der Waals surface area contributed by atoms with Crippen LogP contribution in [0.15, 0.2) is 291 Å². The van der Waals surface area contributed by atoms with Crippen LogP contribution in [0.3, 0.4) is 0 Å². The average Bonchev–Trinajstić information content (AvgIpc) is 3.52. The lowest BCUT2D eigenvalue weighted by Crippen LogP contribution is -1.92. The topological polar surface area (TPSA) is 0 Å². The molecule has 0 radical (unpaired) electrons. The zero-order valence-corrected chi connectivity index (χ0v) is 41.7. The van der Waals surface area contributed by atoms with Crippen molar-refractivity contribution in [3.05, 3.63) is 291 Å². The van der Waals surface area contributed by atoms with Gasteiger partial charge in [-0.3, -0.25) is 0 Å². The van der Waals surface area contributed by atoms with Crippen molar-refractivity contribution in [3.8, 4) is 44.5 Å². The van der Waals surface area contributed by atoms with E-state index in [4.69, 9.17) is 0 Å². The predicted molar refractivity (Wildman–Crippen MR) is 330 cm³/mol. The molecule has 76 heavy (non-hydrogen) atoms. The molecule has 0 nitrogen and oxygen atoms in total. The molecule has 0 saturated carbocycles. The molecule has 0 heteroatoms. The van der Waals surface area contributed by atoms with Gasteiger partial charge in [-0.25, -0.2) is 0 Å². The van der Waals surface area contributed by atoms with Crippen LogP contribution >= 0.6 is 0 Å². The molecule has 0 unspecified atom stereocenters. The van der Waals surface area contributed by atoms with Crippen LogP contribution in [-0.2, 0) is 0 Å². The second kappa shape index (κ2) is 18.0. The summed E-state index contributed by atoms with van der Waals surface area (Å²) in [5, 5.41) is 25.8. The number of hydrogen-bond donors (Lipinski definition) is 0. The second-order valence-electron chi connectivity index (χ2n) is 20.2. The zero-order valence-electron chi connectivity index (χ0n) is 41.7. The molecule has 16 aromatic rings. The molecule has 0 fully saturated rings. The predicted octanol–water partition coefficient (Wildman–Crippen LogP) is 21.6. The van der Waals surface area contributed by atoms with Crippen LogP contribution in [0.1, 0.15) is 0 Å². The molecule has 0 spiro atoms. The molecular formula is C76H48. The molecule has 0 heterocycles. The molecule has 16 aromatic carbocycles. The Labute approximate surface area is 441 Å². The number of hydrogen-bond acceptors (Lipinski definition) is 0. The summed E-state index contributed by atoms with van der Waals surface area (Å²) >= 11 is 0. The molecule has 0 bridgehead atoms. The summed E-state index contributed by atoms with van der Waals surface area (Å²) in [6, 6.07) is 107. The fourth-order valence-corrected chi connectivity index (χ4v) is 12.8. The second-order valence-corrected chi connectivity index (χ2v) is 20.2. The van der Waals surface area contributed by atoms with Gasteiger partial charge in [0.05, 0.1) is 0 Å².